The first-order chi connectivity index (χ1) is 15.8. The van der Waals surface area contributed by atoms with Crippen molar-refractivity contribution in [3.8, 4) is 11.4 Å². The van der Waals surface area contributed by atoms with Crippen LogP contribution in [-0.4, -0.2) is 43.4 Å². The fourth-order valence-electron chi connectivity index (χ4n) is 4.97. The molecule has 6 nitrogen and oxygen atoms in total. The zero-order chi connectivity index (χ0) is 21.5. The van der Waals surface area contributed by atoms with E-state index in [1.165, 1.54) is 24.8 Å². The van der Waals surface area contributed by atoms with E-state index in [2.05, 4.69) is 26.7 Å². The summed E-state index contributed by atoms with van der Waals surface area (Å²) in [7, 11) is 0. The SMILES string of the molecule is O=C(c1ccc2c(c1)nc(-c1ccncc1)n2C1CCC1)N1CCC(c2cccnc2)C1. The molecule has 1 saturated heterocycles. The second kappa shape index (κ2) is 7.86. The first kappa shape index (κ1) is 19.2. The maximum absolute atomic E-state index is 13.3. The van der Waals surface area contributed by atoms with E-state index in [9.17, 15) is 4.79 Å². The third-order valence-corrected chi connectivity index (χ3v) is 6.95. The Bertz CT molecular complexity index is 1260. The third-order valence-electron chi connectivity index (χ3n) is 6.95. The van der Waals surface area contributed by atoms with E-state index in [-0.39, 0.29) is 5.91 Å². The highest BCUT2D eigenvalue weighted by Crippen LogP contribution is 2.38. The van der Waals surface area contributed by atoms with Crippen LogP contribution in [-0.2, 0) is 0 Å². The molecule has 160 valence electrons. The van der Waals surface area contributed by atoms with Crippen molar-refractivity contribution in [2.24, 2.45) is 0 Å². The Kier molecular flexibility index (Phi) is 4.71. The van der Waals surface area contributed by atoms with Crippen LogP contribution in [0.3, 0.4) is 0 Å². The van der Waals surface area contributed by atoms with Crippen LogP contribution in [0.25, 0.3) is 22.4 Å². The van der Waals surface area contributed by atoms with Crippen molar-refractivity contribution in [2.45, 2.75) is 37.6 Å². The van der Waals surface area contributed by atoms with Gasteiger partial charge in [0.1, 0.15) is 5.82 Å². The highest BCUT2D eigenvalue weighted by atomic mass is 16.2. The van der Waals surface area contributed by atoms with Crippen LogP contribution in [0.2, 0.25) is 0 Å². The standard InChI is InChI=1S/C26H25N5O/c32-26(30-14-10-21(17-30)20-3-2-11-28-16-20)19-6-7-24-23(15-19)29-25(18-8-12-27-13-9-18)31(24)22-4-1-5-22/h2-3,6-9,11-13,15-16,21-22H,1,4-5,10,14,17H2. The summed E-state index contributed by atoms with van der Waals surface area (Å²) in [5.74, 6) is 1.41. The van der Waals surface area contributed by atoms with Gasteiger partial charge in [0.05, 0.1) is 11.0 Å². The lowest BCUT2D eigenvalue weighted by Gasteiger charge is -2.29. The molecule has 2 aliphatic rings. The number of carbonyl (C=O) groups excluding carboxylic acids is 1. The van der Waals surface area contributed by atoms with E-state index in [4.69, 9.17) is 4.98 Å². The van der Waals surface area contributed by atoms with Gasteiger partial charge in [-0.3, -0.25) is 14.8 Å². The fraction of sp³-hybridized carbons (Fsp3) is 0.308. The van der Waals surface area contributed by atoms with Crippen LogP contribution in [0.4, 0.5) is 0 Å². The van der Waals surface area contributed by atoms with Crippen molar-refractivity contribution < 1.29 is 4.79 Å². The summed E-state index contributed by atoms with van der Waals surface area (Å²) in [4.78, 5) is 28.6. The quantitative estimate of drug-likeness (QED) is 0.471. The zero-order valence-electron chi connectivity index (χ0n) is 17.9. The molecule has 32 heavy (non-hydrogen) atoms. The molecule has 1 aromatic carbocycles. The van der Waals surface area contributed by atoms with Crippen LogP contribution in [0, 0.1) is 0 Å². The van der Waals surface area contributed by atoms with E-state index in [0.29, 0.717) is 17.5 Å². The number of imidazole rings is 1. The van der Waals surface area contributed by atoms with Crippen molar-refractivity contribution in [1.29, 1.82) is 0 Å². The Balaban J connectivity index is 1.32. The predicted octanol–water partition coefficient (Wildman–Crippen LogP) is 4.85. The molecule has 1 amide bonds. The molecule has 4 heterocycles. The first-order valence-electron chi connectivity index (χ1n) is 11.4. The topological polar surface area (TPSA) is 63.9 Å². The lowest BCUT2D eigenvalue weighted by atomic mass is 9.92. The van der Waals surface area contributed by atoms with Gasteiger partial charge in [0, 0.05) is 61.0 Å². The van der Waals surface area contributed by atoms with E-state index < -0.39 is 0 Å². The number of likely N-dealkylation sites (tertiary alicyclic amines) is 1. The van der Waals surface area contributed by atoms with Crippen molar-refractivity contribution in [1.82, 2.24) is 24.4 Å². The van der Waals surface area contributed by atoms with Crippen molar-refractivity contribution in [3.05, 3.63) is 78.4 Å². The summed E-state index contributed by atoms with van der Waals surface area (Å²) >= 11 is 0. The van der Waals surface area contributed by atoms with Crippen molar-refractivity contribution in [3.63, 3.8) is 0 Å². The molecule has 2 fully saturated rings. The monoisotopic (exact) mass is 423 g/mol. The molecule has 0 N–H and O–H groups in total. The molecule has 1 saturated carbocycles. The first-order valence-corrected chi connectivity index (χ1v) is 11.4. The normalized spacial score (nSPS) is 18.8. The zero-order valence-corrected chi connectivity index (χ0v) is 17.9. The van der Waals surface area contributed by atoms with Crippen LogP contribution < -0.4 is 0 Å². The lowest BCUT2D eigenvalue weighted by Crippen LogP contribution is -2.28. The summed E-state index contributed by atoms with van der Waals surface area (Å²) in [6, 6.07) is 14.6. The molecule has 1 aliphatic carbocycles. The van der Waals surface area contributed by atoms with Crippen LogP contribution in [0.5, 0.6) is 0 Å². The second-order valence-corrected chi connectivity index (χ2v) is 8.85. The number of benzene rings is 1. The van der Waals surface area contributed by atoms with Gasteiger partial charge in [0.25, 0.3) is 5.91 Å². The average Bonchev–Trinajstić information content (AvgIpc) is 3.44. The molecular formula is C26H25N5O. The Morgan fingerprint density at radius 3 is 2.59 bits per heavy atom. The number of rotatable bonds is 4. The molecule has 6 heteroatoms. The molecule has 0 radical (unpaired) electrons. The van der Waals surface area contributed by atoms with Gasteiger partial charge in [-0.1, -0.05) is 6.07 Å². The van der Waals surface area contributed by atoms with Gasteiger partial charge in [-0.25, -0.2) is 4.98 Å². The number of pyridine rings is 2. The molecular weight excluding hydrogens is 398 g/mol. The van der Waals surface area contributed by atoms with Gasteiger partial charge < -0.3 is 9.47 Å². The molecule has 0 spiro atoms. The molecule has 4 aromatic rings. The molecule has 1 atom stereocenters. The van der Waals surface area contributed by atoms with E-state index >= 15 is 0 Å². The van der Waals surface area contributed by atoms with E-state index in [1.54, 1.807) is 18.6 Å². The molecule has 1 aliphatic heterocycles. The Morgan fingerprint density at radius 1 is 0.969 bits per heavy atom. The number of fused-ring (bicyclic) bond motifs is 1. The maximum atomic E-state index is 13.3. The Labute approximate surface area is 186 Å². The number of nitrogens with zero attached hydrogens (tertiary/aromatic N) is 5. The molecule has 1 unspecified atom stereocenters. The summed E-state index contributed by atoms with van der Waals surface area (Å²) < 4.78 is 2.36. The predicted molar refractivity (Wildman–Crippen MR) is 123 cm³/mol. The van der Waals surface area contributed by atoms with Gasteiger partial charge in [0.2, 0.25) is 0 Å². The average molecular weight is 424 g/mol. The number of carbonyl (C=O) groups is 1. The number of amides is 1. The fourth-order valence-corrected chi connectivity index (χ4v) is 4.97. The van der Waals surface area contributed by atoms with Gasteiger partial charge in [-0.2, -0.15) is 0 Å². The Hall–Kier alpha value is -3.54. The van der Waals surface area contributed by atoms with E-state index in [0.717, 1.165) is 41.9 Å². The van der Waals surface area contributed by atoms with Crippen LogP contribution >= 0.6 is 0 Å². The highest BCUT2D eigenvalue weighted by Gasteiger charge is 2.29. The smallest absolute Gasteiger partial charge is 0.253 e. The van der Waals surface area contributed by atoms with E-state index in [1.807, 2.05) is 41.4 Å². The van der Waals surface area contributed by atoms with Crippen LogP contribution in [0.15, 0.2) is 67.3 Å². The Morgan fingerprint density at radius 2 is 1.84 bits per heavy atom. The highest BCUT2D eigenvalue weighted by molar-refractivity contribution is 5.98. The lowest BCUT2D eigenvalue weighted by molar-refractivity contribution is 0.0791. The maximum Gasteiger partial charge on any atom is 0.253 e. The van der Waals surface area contributed by atoms with Crippen LogP contribution in [0.1, 0.15) is 53.6 Å². The minimum absolute atomic E-state index is 0.0851. The van der Waals surface area contributed by atoms with Gasteiger partial charge in [-0.15, -0.1) is 0 Å². The van der Waals surface area contributed by atoms with Gasteiger partial charge >= 0.3 is 0 Å². The number of hydrogen-bond acceptors (Lipinski definition) is 4. The van der Waals surface area contributed by atoms with Crippen molar-refractivity contribution >= 4 is 16.9 Å². The second-order valence-electron chi connectivity index (χ2n) is 8.85. The number of hydrogen-bond donors (Lipinski definition) is 0. The molecule has 3 aromatic heterocycles. The van der Waals surface area contributed by atoms with Crippen molar-refractivity contribution in [2.75, 3.05) is 13.1 Å². The summed E-state index contributed by atoms with van der Waals surface area (Å²) in [5.41, 5.74) is 4.98. The molecule has 0 bridgehead atoms. The van der Waals surface area contributed by atoms with Gasteiger partial charge in [-0.05, 0) is 67.6 Å². The van der Waals surface area contributed by atoms with Gasteiger partial charge in [0.15, 0.2) is 0 Å². The minimum Gasteiger partial charge on any atom is -0.338 e. The number of aromatic nitrogens is 4. The third kappa shape index (κ3) is 3.27. The minimum atomic E-state index is 0.0851. The molecule has 6 rings (SSSR count). The summed E-state index contributed by atoms with van der Waals surface area (Å²) in [5, 5.41) is 0. The summed E-state index contributed by atoms with van der Waals surface area (Å²) in [6.07, 6.45) is 11.9. The largest absolute Gasteiger partial charge is 0.338 e. The summed E-state index contributed by atoms with van der Waals surface area (Å²) in [6.45, 7) is 1.51.